The van der Waals surface area contributed by atoms with Gasteiger partial charge in [0, 0.05) is 37.0 Å². The van der Waals surface area contributed by atoms with Gasteiger partial charge in [-0.15, -0.1) is 0 Å². The number of ether oxygens (including phenoxy) is 1. The maximum absolute atomic E-state index is 5.67. The van der Waals surface area contributed by atoms with Crippen molar-refractivity contribution in [2.75, 3.05) is 19.7 Å². The van der Waals surface area contributed by atoms with Gasteiger partial charge in [-0.2, -0.15) is 5.10 Å². The third kappa shape index (κ3) is 3.65. The molecule has 1 fully saturated rings. The third-order valence-electron chi connectivity index (χ3n) is 4.58. The zero-order valence-corrected chi connectivity index (χ0v) is 14.5. The Morgan fingerprint density at radius 1 is 1.04 bits per heavy atom. The van der Waals surface area contributed by atoms with Crippen LogP contribution in [-0.4, -0.2) is 40.5 Å². The van der Waals surface area contributed by atoms with Crippen LogP contribution in [0.2, 0.25) is 0 Å². The Hall–Kier alpha value is -2.43. The van der Waals surface area contributed by atoms with Crippen molar-refractivity contribution in [2.24, 2.45) is 0 Å². The summed E-state index contributed by atoms with van der Waals surface area (Å²) in [7, 11) is 0. The third-order valence-corrected chi connectivity index (χ3v) is 4.58. The van der Waals surface area contributed by atoms with Crippen molar-refractivity contribution in [1.29, 1.82) is 0 Å². The van der Waals surface area contributed by atoms with Crippen molar-refractivity contribution >= 4 is 0 Å². The number of morpholine rings is 1. The van der Waals surface area contributed by atoms with Crippen LogP contribution >= 0.6 is 0 Å². The van der Waals surface area contributed by atoms with E-state index in [0.29, 0.717) is 0 Å². The Bertz CT molecular complexity index is 814. The molecule has 1 aliphatic rings. The topological polar surface area (TPSA) is 30.3 Å². The van der Waals surface area contributed by atoms with Crippen LogP contribution in [0.5, 0.6) is 0 Å². The van der Waals surface area contributed by atoms with E-state index in [1.165, 1.54) is 5.56 Å². The number of rotatable bonds is 4. The fourth-order valence-electron chi connectivity index (χ4n) is 3.35. The summed E-state index contributed by atoms with van der Waals surface area (Å²) in [4.78, 5) is 2.45. The summed E-state index contributed by atoms with van der Waals surface area (Å²) in [5.41, 5.74) is 4.56. The molecule has 1 unspecified atom stereocenters. The number of aromatic nitrogens is 2. The van der Waals surface area contributed by atoms with Crippen molar-refractivity contribution in [3.63, 3.8) is 0 Å². The second-order valence-electron chi connectivity index (χ2n) is 6.57. The lowest BCUT2D eigenvalue weighted by Crippen LogP contribution is -2.40. The first-order valence-corrected chi connectivity index (χ1v) is 8.83. The molecule has 0 spiro atoms. The van der Waals surface area contributed by atoms with Gasteiger partial charge in [0.15, 0.2) is 0 Å². The molecule has 0 N–H and O–H groups in total. The van der Waals surface area contributed by atoms with Crippen LogP contribution in [0.3, 0.4) is 0 Å². The summed E-state index contributed by atoms with van der Waals surface area (Å²) < 4.78 is 7.66. The van der Waals surface area contributed by atoms with Crippen molar-refractivity contribution in [2.45, 2.75) is 19.6 Å². The van der Waals surface area contributed by atoms with Gasteiger partial charge in [0.05, 0.1) is 24.1 Å². The molecule has 1 aliphatic heterocycles. The molecular formula is C21H23N3O. The molecule has 1 atom stereocenters. The SMILES string of the molecule is CC1CN(Cc2cn(-c3ccccc3)nc2-c2ccccc2)CCO1. The normalized spacial score (nSPS) is 18.4. The molecule has 25 heavy (non-hydrogen) atoms. The van der Waals surface area contributed by atoms with Crippen molar-refractivity contribution in [3.8, 4) is 16.9 Å². The van der Waals surface area contributed by atoms with Crippen molar-refractivity contribution in [3.05, 3.63) is 72.4 Å². The van der Waals surface area contributed by atoms with E-state index in [2.05, 4.69) is 54.4 Å². The number of para-hydroxylation sites is 1. The molecule has 128 valence electrons. The molecule has 3 aromatic rings. The molecule has 0 aliphatic carbocycles. The first kappa shape index (κ1) is 16.1. The molecule has 4 nitrogen and oxygen atoms in total. The maximum Gasteiger partial charge on any atom is 0.0972 e. The van der Waals surface area contributed by atoms with Gasteiger partial charge in [-0.25, -0.2) is 4.68 Å². The zero-order chi connectivity index (χ0) is 17.1. The van der Waals surface area contributed by atoms with Gasteiger partial charge >= 0.3 is 0 Å². The van der Waals surface area contributed by atoms with E-state index in [9.17, 15) is 0 Å². The van der Waals surface area contributed by atoms with Gasteiger partial charge in [-0.1, -0.05) is 48.5 Å². The van der Waals surface area contributed by atoms with Gasteiger partial charge in [-0.05, 0) is 19.1 Å². The molecule has 2 heterocycles. The maximum atomic E-state index is 5.67. The van der Waals surface area contributed by atoms with Crippen LogP contribution in [0.4, 0.5) is 0 Å². The van der Waals surface area contributed by atoms with Crippen LogP contribution in [0.25, 0.3) is 16.9 Å². The lowest BCUT2D eigenvalue weighted by atomic mass is 10.1. The van der Waals surface area contributed by atoms with Crippen LogP contribution in [-0.2, 0) is 11.3 Å². The molecule has 1 saturated heterocycles. The van der Waals surface area contributed by atoms with Gasteiger partial charge in [0.1, 0.15) is 0 Å². The van der Waals surface area contributed by atoms with Crippen LogP contribution in [0.1, 0.15) is 12.5 Å². The number of benzene rings is 2. The predicted molar refractivity (Wildman–Crippen MR) is 99.7 cm³/mol. The number of hydrogen-bond acceptors (Lipinski definition) is 3. The fourth-order valence-corrected chi connectivity index (χ4v) is 3.35. The molecule has 0 bridgehead atoms. The van der Waals surface area contributed by atoms with E-state index < -0.39 is 0 Å². The van der Waals surface area contributed by atoms with E-state index in [-0.39, 0.29) is 6.10 Å². The highest BCUT2D eigenvalue weighted by atomic mass is 16.5. The Labute approximate surface area is 148 Å². The van der Waals surface area contributed by atoms with E-state index >= 15 is 0 Å². The summed E-state index contributed by atoms with van der Waals surface area (Å²) in [6.45, 7) is 5.76. The monoisotopic (exact) mass is 333 g/mol. The lowest BCUT2D eigenvalue weighted by molar-refractivity contribution is -0.0211. The molecule has 0 saturated carbocycles. The van der Waals surface area contributed by atoms with Gasteiger partial charge in [0.25, 0.3) is 0 Å². The summed E-state index contributed by atoms with van der Waals surface area (Å²) in [6, 6.07) is 20.7. The second kappa shape index (κ2) is 7.21. The standard InChI is InChI=1S/C21H23N3O/c1-17-14-23(12-13-25-17)15-19-16-24(20-10-6-3-7-11-20)22-21(19)18-8-4-2-5-9-18/h2-11,16-17H,12-15H2,1H3. The van der Waals surface area contributed by atoms with Crippen molar-refractivity contribution in [1.82, 2.24) is 14.7 Å². The lowest BCUT2D eigenvalue weighted by Gasteiger charge is -2.30. The highest BCUT2D eigenvalue weighted by molar-refractivity contribution is 5.63. The zero-order valence-electron chi connectivity index (χ0n) is 14.5. The minimum Gasteiger partial charge on any atom is -0.376 e. The van der Waals surface area contributed by atoms with E-state index in [1.807, 2.05) is 28.9 Å². The second-order valence-corrected chi connectivity index (χ2v) is 6.57. The molecule has 4 heteroatoms. The Kier molecular flexibility index (Phi) is 4.63. The largest absolute Gasteiger partial charge is 0.376 e. The highest BCUT2D eigenvalue weighted by Gasteiger charge is 2.20. The average Bonchev–Trinajstić information content (AvgIpc) is 3.07. The Balaban J connectivity index is 1.69. The Morgan fingerprint density at radius 3 is 2.48 bits per heavy atom. The number of hydrogen-bond donors (Lipinski definition) is 0. The first-order valence-electron chi connectivity index (χ1n) is 8.83. The molecular weight excluding hydrogens is 310 g/mol. The van der Waals surface area contributed by atoms with E-state index in [0.717, 1.165) is 43.2 Å². The van der Waals surface area contributed by atoms with Gasteiger partial charge in [0.2, 0.25) is 0 Å². The quantitative estimate of drug-likeness (QED) is 0.728. The van der Waals surface area contributed by atoms with E-state index in [4.69, 9.17) is 9.84 Å². The number of nitrogens with zero attached hydrogens (tertiary/aromatic N) is 3. The molecule has 1 aromatic heterocycles. The highest BCUT2D eigenvalue weighted by Crippen LogP contribution is 2.25. The summed E-state index contributed by atoms with van der Waals surface area (Å²) in [5.74, 6) is 0. The summed E-state index contributed by atoms with van der Waals surface area (Å²) >= 11 is 0. The predicted octanol–water partition coefficient (Wildman–Crippen LogP) is 3.76. The summed E-state index contributed by atoms with van der Waals surface area (Å²) in [5, 5.41) is 4.89. The fraction of sp³-hybridized carbons (Fsp3) is 0.286. The first-order chi connectivity index (χ1) is 12.3. The smallest absolute Gasteiger partial charge is 0.0972 e. The summed E-state index contributed by atoms with van der Waals surface area (Å²) in [6.07, 6.45) is 2.45. The van der Waals surface area contributed by atoms with Crippen LogP contribution in [0.15, 0.2) is 66.9 Å². The minimum atomic E-state index is 0.290. The van der Waals surface area contributed by atoms with Crippen molar-refractivity contribution < 1.29 is 4.74 Å². The van der Waals surface area contributed by atoms with Crippen LogP contribution in [0, 0.1) is 0 Å². The van der Waals surface area contributed by atoms with Gasteiger partial charge < -0.3 is 4.74 Å². The molecule has 2 aromatic carbocycles. The van der Waals surface area contributed by atoms with Gasteiger partial charge in [-0.3, -0.25) is 4.90 Å². The van der Waals surface area contributed by atoms with E-state index in [1.54, 1.807) is 0 Å². The molecule has 0 amide bonds. The van der Waals surface area contributed by atoms with Crippen LogP contribution < -0.4 is 0 Å². The minimum absolute atomic E-state index is 0.290. The Morgan fingerprint density at radius 2 is 1.76 bits per heavy atom. The molecule has 4 rings (SSSR count). The average molecular weight is 333 g/mol. The molecule has 0 radical (unpaired) electrons.